The summed E-state index contributed by atoms with van der Waals surface area (Å²) in [7, 11) is -2.53. The summed E-state index contributed by atoms with van der Waals surface area (Å²) in [4.78, 5) is 11.5. The molecule has 4 rings (SSSR count). The predicted molar refractivity (Wildman–Crippen MR) is 96.8 cm³/mol. The SMILES string of the molecule is Cc1ccc(B2OB(c3ccc(F)nc3)OB(c3ccc(F)nc3)O2)cn1. The lowest BCUT2D eigenvalue weighted by Gasteiger charge is -2.31. The third kappa shape index (κ3) is 4.05. The van der Waals surface area contributed by atoms with Crippen molar-refractivity contribution in [1.29, 1.82) is 0 Å². The Morgan fingerprint density at radius 2 is 1.04 bits per heavy atom. The van der Waals surface area contributed by atoms with Crippen molar-refractivity contribution >= 4 is 37.7 Å². The van der Waals surface area contributed by atoms with Gasteiger partial charge in [0.15, 0.2) is 0 Å². The highest BCUT2D eigenvalue weighted by atomic mass is 19.1. The minimum atomic E-state index is -0.867. The molecule has 0 N–H and O–H groups in total. The summed E-state index contributed by atoms with van der Waals surface area (Å²) in [5.74, 6) is -1.21. The number of aromatic nitrogens is 3. The Kier molecular flexibility index (Phi) is 4.97. The molecule has 6 nitrogen and oxygen atoms in total. The lowest BCUT2D eigenvalue weighted by Crippen LogP contribution is -2.61. The van der Waals surface area contributed by atoms with Crippen LogP contribution in [0, 0.1) is 18.8 Å². The Labute approximate surface area is 155 Å². The fourth-order valence-corrected chi connectivity index (χ4v) is 2.58. The van der Waals surface area contributed by atoms with Gasteiger partial charge in [0.1, 0.15) is 0 Å². The highest BCUT2D eigenvalue weighted by molar-refractivity contribution is 6.87. The van der Waals surface area contributed by atoms with Crippen molar-refractivity contribution in [3.8, 4) is 0 Å². The van der Waals surface area contributed by atoms with Gasteiger partial charge in [0.05, 0.1) is 0 Å². The van der Waals surface area contributed by atoms with Crippen LogP contribution >= 0.6 is 0 Å². The first-order chi connectivity index (χ1) is 13.1. The van der Waals surface area contributed by atoms with E-state index in [1.807, 2.05) is 19.1 Å². The van der Waals surface area contributed by atoms with Crippen molar-refractivity contribution in [2.75, 3.05) is 0 Å². The lowest BCUT2D eigenvalue weighted by atomic mass is 9.62. The fourth-order valence-electron chi connectivity index (χ4n) is 2.58. The second kappa shape index (κ2) is 7.55. The molecule has 3 aromatic rings. The largest absolute Gasteiger partial charge is 0.468 e. The van der Waals surface area contributed by atoms with Gasteiger partial charge in [-0.15, -0.1) is 0 Å². The molecule has 0 amide bonds. The van der Waals surface area contributed by atoms with Crippen molar-refractivity contribution in [3.63, 3.8) is 0 Å². The molecule has 0 unspecified atom stereocenters. The molecule has 3 aromatic heterocycles. The maximum Gasteiger partial charge on any atom is 0.468 e. The van der Waals surface area contributed by atoms with E-state index in [-0.39, 0.29) is 0 Å². The molecule has 27 heavy (non-hydrogen) atoms. The van der Waals surface area contributed by atoms with Gasteiger partial charge in [0.2, 0.25) is 11.9 Å². The van der Waals surface area contributed by atoms with Gasteiger partial charge in [0, 0.05) is 24.3 Å². The van der Waals surface area contributed by atoms with Crippen molar-refractivity contribution in [3.05, 3.63) is 72.6 Å². The molecule has 1 saturated heterocycles. The van der Waals surface area contributed by atoms with Gasteiger partial charge >= 0.3 is 21.4 Å². The Balaban J connectivity index is 1.66. The second-order valence-electron chi connectivity index (χ2n) is 5.97. The minimum Gasteiger partial charge on any atom is -0.444 e. The van der Waals surface area contributed by atoms with Crippen LogP contribution in [0.1, 0.15) is 5.69 Å². The molecule has 132 valence electrons. The van der Waals surface area contributed by atoms with E-state index < -0.39 is 33.3 Å². The number of nitrogens with zero attached hydrogens (tertiary/aromatic N) is 3. The Morgan fingerprint density at radius 1 is 0.630 bits per heavy atom. The van der Waals surface area contributed by atoms with Crippen molar-refractivity contribution in [1.82, 2.24) is 15.0 Å². The van der Waals surface area contributed by atoms with Gasteiger partial charge in [-0.2, -0.15) is 8.78 Å². The Hall–Kier alpha value is -2.62. The molecule has 4 heterocycles. The van der Waals surface area contributed by atoms with Gasteiger partial charge in [0.25, 0.3) is 0 Å². The Bertz CT molecular complexity index is 789. The number of hydrogen-bond donors (Lipinski definition) is 0. The van der Waals surface area contributed by atoms with Gasteiger partial charge in [-0.25, -0.2) is 9.97 Å². The molecule has 1 aliphatic heterocycles. The van der Waals surface area contributed by atoms with Crippen LogP contribution < -0.4 is 16.4 Å². The minimum absolute atomic E-state index is 0.518. The molecule has 0 bridgehead atoms. The average Bonchev–Trinajstić information content (AvgIpc) is 2.69. The normalized spacial score (nSPS) is 14.6. The van der Waals surface area contributed by atoms with Crippen molar-refractivity contribution in [2.45, 2.75) is 6.92 Å². The summed E-state index contributed by atoms with van der Waals surface area (Å²) in [6, 6.07) is 9.13. The molecule has 0 saturated carbocycles. The highest BCUT2D eigenvalue weighted by Gasteiger charge is 2.43. The van der Waals surface area contributed by atoms with Crippen molar-refractivity contribution < 1.29 is 22.5 Å². The van der Waals surface area contributed by atoms with E-state index in [4.69, 9.17) is 13.7 Å². The molecule has 1 fully saturated rings. The van der Waals surface area contributed by atoms with E-state index in [1.165, 1.54) is 36.7 Å². The molecule has 0 spiro atoms. The third-order valence-electron chi connectivity index (χ3n) is 3.99. The van der Waals surface area contributed by atoms with Crippen LogP contribution in [0.3, 0.4) is 0 Å². The monoisotopic (exact) mass is 365 g/mol. The standard InChI is InChI=1S/C16H12B3F2N3O3/c1-11-2-3-12(8-22-11)17-25-18(13-4-6-15(20)23-9-13)27-19(26-17)14-5-7-16(21)24-10-14/h2-10H,1H3. The van der Waals surface area contributed by atoms with Crippen molar-refractivity contribution in [2.24, 2.45) is 0 Å². The Morgan fingerprint density at radius 3 is 1.37 bits per heavy atom. The zero-order valence-corrected chi connectivity index (χ0v) is 14.3. The number of pyridine rings is 3. The van der Waals surface area contributed by atoms with E-state index in [0.29, 0.717) is 16.4 Å². The number of halogens is 2. The number of aryl methyl sites for hydroxylation is 1. The zero-order valence-electron chi connectivity index (χ0n) is 14.3. The van der Waals surface area contributed by atoms with Gasteiger partial charge in [-0.1, -0.05) is 18.2 Å². The summed E-state index contributed by atoms with van der Waals surface area (Å²) in [5.41, 5.74) is 2.57. The first kappa shape index (κ1) is 17.8. The van der Waals surface area contributed by atoms with E-state index in [1.54, 1.807) is 6.20 Å². The molecule has 0 radical (unpaired) electrons. The first-order valence-corrected chi connectivity index (χ1v) is 8.20. The van der Waals surface area contributed by atoms with Crippen LogP contribution in [-0.2, 0) is 13.7 Å². The smallest absolute Gasteiger partial charge is 0.444 e. The number of rotatable bonds is 3. The van der Waals surface area contributed by atoms with Gasteiger partial charge in [-0.05, 0) is 41.5 Å². The van der Waals surface area contributed by atoms with E-state index in [0.717, 1.165) is 5.69 Å². The number of hydrogen-bond acceptors (Lipinski definition) is 6. The topological polar surface area (TPSA) is 66.4 Å². The predicted octanol–water partition coefficient (Wildman–Crippen LogP) is 0.00762. The first-order valence-electron chi connectivity index (χ1n) is 8.20. The summed E-state index contributed by atoms with van der Waals surface area (Å²) < 4.78 is 43.9. The molecule has 0 aliphatic carbocycles. The summed E-state index contributed by atoms with van der Waals surface area (Å²) in [5, 5.41) is 0. The van der Waals surface area contributed by atoms with Crippen LogP contribution in [0.15, 0.2) is 55.0 Å². The van der Waals surface area contributed by atoms with Gasteiger partial charge in [-0.3, -0.25) is 4.98 Å². The fraction of sp³-hybridized carbons (Fsp3) is 0.0625. The van der Waals surface area contributed by atoms with Gasteiger partial charge < -0.3 is 13.7 Å². The summed E-state index contributed by atoms with van der Waals surface area (Å²) in [6.45, 7) is 1.87. The lowest BCUT2D eigenvalue weighted by molar-refractivity contribution is 0.308. The van der Waals surface area contributed by atoms with E-state index in [9.17, 15) is 8.78 Å². The average molecular weight is 365 g/mol. The quantitative estimate of drug-likeness (QED) is 0.482. The molecular weight excluding hydrogens is 353 g/mol. The van der Waals surface area contributed by atoms with E-state index in [2.05, 4.69) is 15.0 Å². The van der Waals surface area contributed by atoms with Crippen LogP contribution in [0.2, 0.25) is 0 Å². The molecule has 11 heteroatoms. The summed E-state index contributed by atoms with van der Waals surface area (Å²) in [6.07, 6.45) is 4.30. The molecule has 1 aliphatic rings. The maximum absolute atomic E-state index is 13.1. The molecule has 0 atom stereocenters. The summed E-state index contributed by atoms with van der Waals surface area (Å²) >= 11 is 0. The third-order valence-corrected chi connectivity index (χ3v) is 3.99. The van der Waals surface area contributed by atoms with Crippen LogP contribution in [-0.4, -0.2) is 36.3 Å². The van der Waals surface area contributed by atoms with Crippen LogP contribution in [0.5, 0.6) is 0 Å². The van der Waals surface area contributed by atoms with Crippen LogP contribution in [0.4, 0.5) is 8.78 Å². The van der Waals surface area contributed by atoms with E-state index >= 15 is 0 Å². The second-order valence-corrected chi connectivity index (χ2v) is 5.97. The van der Waals surface area contributed by atoms with Crippen LogP contribution in [0.25, 0.3) is 0 Å². The highest BCUT2D eigenvalue weighted by Crippen LogP contribution is 2.10. The zero-order chi connectivity index (χ0) is 18.8. The molecule has 0 aromatic carbocycles. The molecular formula is C16H12B3F2N3O3. The maximum atomic E-state index is 13.1.